The zero-order valence-electron chi connectivity index (χ0n) is 17.0. The van der Waals surface area contributed by atoms with Gasteiger partial charge in [0.25, 0.3) is 5.91 Å². The number of phenolic OH excluding ortho intramolecular Hbond substituents is 1. The normalized spacial score (nSPS) is 12.5. The van der Waals surface area contributed by atoms with E-state index in [1.165, 1.54) is 0 Å². The molecule has 0 saturated heterocycles. The van der Waals surface area contributed by atoms with Gasteiger partial charge in [-0.25, -0.2) is 5.84 Å². The summed E-state index contributed by atoms with van der Waals surface area (Å²) >= 11 is 0. The summed E-state index contributed by atoms with van der Waals surface area (Å²) in [4.78, 5) is 12.2. The maximum Gasteiger partial charge on any atom is 0.268 e. The van der Waals surface area contributed by atoms with E-state index in [0.717, 1.165) is 36.8 Å². The smallest absolute Gasteiger partial charge is 0.268 e. The first-order valence-corrected chi connectivity index (χ1v) is 9.35. The average Bonchev–Trinajstić information content (AvgIpc) is 2.53. The fraction of sp³-hybridized carbons (Fsp3) is 0.667. The molecule has 0 atom stereocenters. The summed E-state index contributed by atoms with van der Waals surface area (Å²) in [5.41, 5.74) is 3.99. The SMILES string of the molecule is CCC(C)(C)c1cc(C(=O)NN)c(O)c(C(C)(C)CCCC(C)C)c1. The Hall–Kier alpha value is -1.55. The second-order valence-electron chi connectivity index (χ2n) is 8.80. The second-order valence-corrected chi connectivity index (χ2v) is 8.80. The lowest BCUT2D eigenvalue weighted by Crippen LogP contribution is -2.31. The maximum atomic E-state index is 12.2. The zero-order valence-corrected chi connectivity index (χ0v) is 17.0. The van der Waals surface area contributed by atoms with Crippen LogP contribution in [0.5, 0.6) is 5.75 Å². The molecule has 0 aliphatic heterocycles. The maximum absolute atomic E-state index is 12.2. The molecule has 0 heterocycles. The Morgan fingerprint density at radius 2 is 1.80 bits per heavy atom. The van der Waals surface area contributed by atoms with Crippen LogP contribution < -0.4 is 11.3 Å². The van der Waals surface area contributed by atoms with E-state index < -0.39 is 5.91 Å². The summed E-state index contributed by atoms with van der Waals surface area (Å²) in [5, 5.41) is 10.8. The van der Waals surface area contributed by atoms with Crippen LogP contribution in [0.25, 0.3) is 0 Å². The highest BCUT2D eigenvalue weighted by Crippen LogP contribution is 2.41. The van der Waals surface area contributed by atoms with Crippen molar-refractivity contribution in [3.05, 3.63) is 28.8 Å². The Bertz CT molecular complexity index is 604. The van der Waals surface area contributed by atoms with E-state index in [1.54, 1.807) is 6.07 Å². The largest absolute Gasteiger partial charge is 0.507 e. The molecule has 0 unspecified atom stereocenters. The first-order chi connectivity index (χ1) is 11.5. The molecule has 0 radical (unpaired) electrons. The van der Waals surface area contributed by atoms with Gasteiger partial charge in [-0.05, 0) is 41.2 Å². The number of hydrogen-bond donors (Lipinski definition) is 3. The highest BCUT2D eigenvalue weighted by atomic mass is 16.3. The topological polar surface area (TPSA) is 75.4 Å². The predicted molar refractivity (Wildman–Crippen MR) is 105 cm³/mol. The summed E-state index contributed by atoms with van der Waals surface area (Å²) in [6, 6.07) is 3.84. The molecule has 1 rings (SSSR count). The lowest BCUT2D eigenvalue weighted by Gasteiger charge is -2.31. The number of amides is 1. The minimum absolute atomic E-state index is 0.0492. The number of aromatic hydroxyl groups is 1. The van der Waals surface area contributed by atoms with Crippen LogP contribution in [0.2, 0.25) is 0 Å². The zero-order chi connectivity index (χ0) is 19.4. The van der Waals surface area contributed by atoms with Crippen molar-refractivity contribution in [3.63, 3.8) is 0 Å². The van der Waals surface area contributed by atoms with Crippen molar-refractivity contribution >= 4 is 5.91 Å². The van der Waals surface area contributed by atoms with Crippen molar-refractivity contribution in [2.24, 2.45) is 11.8 Å². The monoisotopic (exact) mass is 348 g/mol. The van der Waals surface area contributed by atoms with Crippen LogP contribution >= 0.6 is 0 Å². The van der Waals surface area contributed by atoms with E-state index in [2.05, 4.69) is 60.0 Å². The van der Waals surface area contributed by atoms with Gasteiger partial charge in [-0.1, -0.05) is 67.4 Å². The molecule has 1 aromatic carbocycles. The van der Waals surface area contributed by atoms with Crippen molar-refractivity contribution < 1.29 is 9.90 Å². The van der Waals surface area contributed by atoms with Gasteiger partial charge in [-0.2, -0.15) is 0 Å². The summed E-state index contributed by atoms with van der Waals surface area (Å²) in [6.45, 7) is 15.1. The van der Waals surface area contributed by atoms with E-state index in [-0.39, 0.29) is 22.1 Å². The van der Waals surface area contributed by atoms with Crippen molar-refractivity contribution in [2.75, 3.05) is 0 Å². The van der Waals surface area contributed by atoms with E-state index in [4.69, 9.17) is 5.84 Å². The van der Waals surface area contributed by atoms with Crippen molar-refractivity contribution in [3.8, 4) is 5.75 Å². The van der Waals surface area contributed by atoms with Crippen molar-refractivity contribution in [2.45, 2.75) is 85.0 Å². The standard InChI is InChI=1S/C21H36N2O2/c1-8-20(4,5)15-12-16(19(25)23-22)18(24)17(13-15)21(6,7)11-9-10-14(2)3/h12-14,24H,8-11,22H2,1-7H3,(H,23,25). The van der Waals surface area contributed by atoms with Gasteiger partial charge in [0.1, 0.15) is 5.75 Å². The van der Waals surface area contributed by atoms with Crippen LogP contribution in [0.4, 0.5) is 0 Å². The molecule has 142 valence electrons. The molecule has 4 nitrogen and oxygen atoms in total. The third-order valence-corrected chi connectivity index (χ3v) is 5.46. The molecule has 0 fully saturated rings. The van der Waals surface area contributed by atoms with Crippen LogP contribution in [0, 0.1) is 5.92 Å². The molecule has 0 aliphatic rings. The summed E-state index contributed by atoms with van der Waals surface area (Å²) in [7, 11) is 0. The number of benzene rings is 1. The first-order valence-electron chi connectivity index (χ1n) is 9.35. The van der Waals surface area contributed by atoms with Crippen LogP contribution in [0.15, 0.2) is 12.1 Å². The third kappa shape index (κ3) is 5.21. The van der Waals surface area contributed by atoms with Crippen molar-refractivity contribution in [1.82, 2.24) is 5.43 Å². The number of carbonyl (C=O) groups is 1. The van der Waals surface area contributed by atoms with E-state index in [9.17, 15) is 9.90 Å². The molecule has 4 N–H and O–H groups in total. The van der Waals surface area contributed by atoms with Gasteiger partial charge >= 0.3 is 0 Å². The molecule has 0 aromatic heterocycles. The minimum atomic E-state index is -0.453. The summed E-state index contributed by atoms with van der Waals surface area (Å²) < 4.78 is 0. The lowest BCUT2D eigenvalue weighted by atomic mass is 9.74. The summed E-state index contributed by atoms with van der Waals surface area (Å²) in [5.74, 6) is 5.58. The quantitative estimate of drug-likeness (QED) is 0.359. The van der Waals surface area contributed by atoms with Gasteiger partial charge < -0.3 is 5.11 Å². The molecule has 1 amide bonds. The number of hydrazine groups is 1. The van der Waals surface area contributed by atoms with E-state index >= 15 is 0 Å². The fourth-order valence-corrected chi connectivity index (χ4v) is 3.08. The molecule has 25 heavy (non-hydrogen) atoms. The number of carbonyl (C=O) groups excluding carboxylic acids is 1. The molecular formula is C21H36N2O2. The first kappa shape index (κ1) is 21.5. The number of nitrogens with one attached hydrogen (secondary N) is 1. The van der Waals surface area contributed by atoms with Gasteiger partial charge in [-0.3, -0.25) is 10.2 Å². The Balaban J connectivity index is 3.41. The Labute approximate surface area is 153 Å². The van der Waals surface area contributed by atoms with Gasteiger partial charge in [0, 0.05) is 5.56 Å². The average molecular weight is 349 g/mol. The van der Waals surface area contributed by atoms with Gasteiger partial charge in [0.2, 0.25) is 0 Å². The molecule has 0 spiro atoms. The fourth-order valence-electron chi connectivity index (χ4n) is 3.08. The number of nitrogens with two attached hydrogens (primary N) is 1. The van der Waals surface area contributed by atoms with Gasteiger partial charge in [0.05, 0.1) is 5.56 Å². The predicted octanol–water partition coefficient (Wildman–Crippen LogP) is 4.79. The van der Waals surface area contributed by atoms with E-state index in [0.29, 0.717) is 5.92 Å². The third-order valence-electron chi connectivity index (χ3n) is 5.46. The highest BCUT2D eigenvalue weighted by molar-refractivity contribution is 5.97. The molecular weight excluding hydrogens is 312 g/mol. The summed E-state index contributed by atoms with van der Waals surface area (Å²) in [6.07, 6.45) is 4.14. The van der Waals surface area contributed by atoms with Crippen LogP contribution in [0.3, 0.4) is 0 Å². The molecule has 4 heteroatoms. The van der Waals surface area contributed by atoms with Crippen LogP contribution in [0.1, 0.15) is 95.6 Å². The number of nitrogen functional groups attached to an aromatic ring is 1. The number of phenols is 1. The second kappa shape index (κ2) is 8.22. The number of rotatable bonds is 8. The Kier molecular flexibility index (Phi) is 7.07. The van der Waals surface area contributed by atoms with Gasteiger partial charge in [0.15, 0.2) is 0 Å². The lowest BCUT2D eigenvalue weighted by molar-refractivity contribution is 0.0950. The van der Waals surface area contributed by atoms with Crippen LogP contribution in [-0.2, 0) is 10.8 Å². The highest BCUT2D eigenvalue weighted by Gasteiger charge is 2.30. The molecule has 1 aromatic rings. The molecule has 0 saturated carbocycles. The minimum Gasteiger partial charge on any atom is -0.507 e. The molecule has 0 aliphatic carbocycles. The van der Waals surface area contributed by atoms with Gasteiger partial charge in [-0.15, -0.1) is 0 Å². The van der Waals surface area contributed by atoms with E-state index in [1.807, 2.05) is 0 Å². The number of hydrogen-bond acceptors (Lipinski definition) is 3. The Morgan fingerprint density at radius 1 is 1.20 bits per heavy atom. The molecule has 0 bridgehead atoms. The van der Waals surface area contributed by atoms with Crippen LogP contribution in [-0.4, -0.2) is 11.0 Å². The Morgan fingerprint density at radius 3 is 2.28 bits per heavy atom. The van der Waals surface area contributed by atoms with Crippen molar-refractivity contribution in [1.29, 1.82) is 0 Å².